The van der Waals surface area contributed by atoms with E-state index in [1.807, 2.05) is 0 Å². The minimum atomic E-state index is -0.493. The van der Waals surface area contributed by atoms with Gasteiger partial charge in [-0.3, -0.25) is 4.79 Å². The second-order valence-corrected chi connectivity index (χ2v) is 6.05. The Hall–Kier alpha value is -1.81. The molecule has 0 aliphatic heterocycles. The number of hydrogen-bond acceptors (Lipinski definition) is 3. The van der Waals surface area contributed by atoms with Gasteiger partial charge in [-0.25, -0.2) is 4.79 Å². The van der Waals surface area contributed by atoms with Crippen LogP contribution in [0.15, 0.2) is 36.4 Å². The molecule has 24 heavy (non-hydrogen) atoms. The summed E-state index contributed by atoms with van der Waals surface area (Å²) in [6.07, 6.45) is 10.5. The Morgan fingerprint density at radius 3 is 2.29 bits per heavy atom. The lowest BCUT2D eigenvalue weighted by Gasteiger charge is -2.03. The summed E-state index contributed by atoms with van der Waals surface area (Å²) in [5.41, 5.74) is 0.616. The number of halogens is 1. The Labute approximate surface area is 149 Å². The van der Waals surface area contributed by atoms with E-state index in [9.17, 15) is 9.59 Å². The summed E-state index contributed by atoms with van der Waals surface area (Å²) in [6, 6.07) is 6.73. The molecule has 4 nitrogen and oxygen atoms in total. The molecule has 1 aromatic carbocycles. The topological polar surface area (TPSA) is 55.4 Å². The van der Waals surface area contributed by atoms with E-state index in [-0.39, 0.29) is 5.91 Å². The van der Waals surface area contributed by atoms with Gasteiger partial charge in [0.2, 0.25) is 5.91 Å². The summed E-state index contributed by atoms with van der Waals surface area (Å²) in [6.45, 7) is 2.60. The molecule has 0 unspecified atom stereocenters. The van der Waals surface area contributed by atoms with Crippen molar-refractivity contribution in [1.29, 1.82) is 0 Å². The number of nitrogens with one attached hydrogen (secondary N) is 1. The predicted octanol–water partition coefficient (Wildman–Crippen LogP) is 5.13. The molecule has 1 amide bonds. The SMILES string of the molecule is CCCCCCCCCOC(=O)/C=C/C(=O)Nc1ccc(Cl)cc1. The zero-order valence-corrected chi connectivity index (χ0v) is 15.0. The lowest BCUT2D eigenvalue weighted by atomic mass is 10.1. The fourth-order valence-corrected chi connectivity index (χ4v) is 2.27. The summed E-state index contributed by atoms with van der Waals surface area (Å²) in [5.74, 6) is -0.877. The highest BCUT2D eigenvalue weighted by atomic mass is 35.5. The van der Waals surface area contributed by atoms with Gasteiger partial charge >= 0.3 is 5.97 Å². The smallest absolute Gasteiger partial charge is 0.330 e. The van der Waals surface area contributed by atoms with Crippen molar-refractivity contribution in [2.75, 3.05) is 11.9 Å². The maximum atomic E-state index is 11.7. The van der Waals surface area contributed by atoms with Crippen LogP contribution in [0, 0.1) is 0 Å². The van der Waals surface area contributed by atoms with E-state index in [1.54, 1.807) is 24.3 Å². The Balaban J connectivity index is 2.12. The van der Waals surface area contributed by atoms with Crippen LogP contribution in [-0.4, -0.2) is 18.5 Å². The molecule has 132 valence electrons. The van der Waals surface area contributed by atoms with Gasteiger partial charge in [0.1, 0.15) is 0 Å². The van der Waals surface area contributed by atoms with Gasteiger partial charge in [0, 0.05) is 22.9 Å². The molecule has 5 heteroatoms. The Kier molecular flexibility index (Phi) is 10.6. The molecule has 0 saturated heterocycles. The zero-order chi connectivity index (χ0) is 17.6. The lowest BCUT2D eigenvalue weighted by molar-refractivity contribution is -0.138. The molecule has 0 atom stereocenters. The highest BCUT2D eigenvalue weighted by Gasteiger charge is 2.01. The lowest BCUT2D eigenvalue weighted by Crippen LogP contribution is -2.09. The monoisotopic (exact) mass is 351 g/mol. The van der Waals surface area contributed by atoms with E-state index < -0.39 is 5.97 Å². The highest BCUT2D eigenvalue weighted by molar-refractivity contribution is 6.30. The van der Waals surface area contributed by atoms with Crippen molar-refractivity contribution in [1.82, 2.24) is 0 Å². The molecule has 0 aliphatic carbocycles. The summed E-state index contributed by atoms with van der Waals surface area (Å²) in [4.78, 5) is 23.2. The Morgan fingerprint density at radius 1 is 1.00 bits per heavy atom. The second-order valence-electron chi connectivity index (χ2n) is 5.62. The minimum Gasteiger partial charge on any atom is -0.463 e. The van der Waals surface area contributed by atoms with Crippen LogP contribution in [0.1, 0.15) is 51.9 Å². The van der Waals surface area contributed by atoms with Gasteiger partial charge in [0.15, 0.2) is 0 Å². The van der Waals surface area contributed by atoms with E-state index >= 15 is 0 Å². The quantitative estimate of drug-likeness (QED) is 0.341. The van der Waals surface area contributed by atoms with Crippen molar-refractivity contribution in [3.05, 3.63) is 41.4 Å². The normalized spacial score (nSPS) is 10.8. The third kappa shape index (κ3) is 10.1. The van der Waals surface area contributed by atoms with E-state index in [1.165, 1.54) is 38.2 Å². The number of benzene rings is 1. The molecule has 0 heterocycles. The van der Waals surface area contributed by atoms with Gasteiger partial charge in [0.05, 0.1) is 6.61 Å². The maximum absolute atomic E-state index is 11.7. The minimum absolute atomic E-state index is 0.384. The maximum Gasteiger partial charge on any atom is 0.330 e. The number of hydrogen-bond donors (Lipinski definition) is 1. The van der Waals surface area contributed by atoms with Crippen LogP contribution in [0.3, 0.4) is 0 Å². The van der Waals surface area contributed by atoms with Crippen LogP contribution < -0.4 is 5.32 Å². The van der Waals surface area contributed by atoms with E-state index in [0.717, 1.165) is 18.9 Å². The number of carbonyl (C=O) groups excluding carboxylic acids is 2. The fourth-order valence-electron chi connectivity index (χ4n) is 2.14. The summed E-state index contributed by atoms with van der Waals surface area (Å²) < 4.78 is 5.06. The summed E-state index contributed by atoms with van der Waals surface area (Å²) in [5, 5.41) is 3.23. The van der Waals surface area contributed by atoms with E-state index in [0.29, 0.717) is 17.3 Å². The molecular formula is C19H26ClNO3. The van der Waals surface area contributed by atoms with Crippen molar-refractivity contribution in [3.63, 3.8) is 0 Å². The molecule has 1 N–H and O–H groups in total. The van der Waals surface area contributed by atoms with Crippen molar-refractivity contribution < 1.29 is 14.3 Å². The average Bonchev–Trinajstić information content (AvgIpc) is 2.57. The highest BCUT2D eigenvalue weighted by Crippen LogP contribution is 2.13. The van der Waals surface area contributed by atoms with Crippen molar-refractivity contribution >= 4 is 29.2 Å². The van der Waals surface area contributed by atoms with Gasteiger partial charge in [0.25, 0.3) is 0 Å². The number of rotatable bonds is 11. The first-order chi connectivity index (χ1) is 11.6. The number of esters is 1. The van der Waals surface area contributed by atoms with Gasteiger partial charge in [-0.1, -0.05) is 57.0 Å². The van der Waals surface area contributed by atoms with Crippen molar-refractivity contribution in [3.8, 4) is 0 Å². The Bertz CT molecular complexity index is 526. The molecule has 1 aromatic rings. The number of carbonyl (C=O) groups is 2. The number of anilines is 1. The largest absolute Gasteiger partial charge is 0.463 e. The Morgan fingerprint density at radius 2 is 1.62 bits per heavy atom. The molecule has 1 rings (SSSR count). The molecule has 0 bridgehead atoms. The molecule has 0 aliphatic rings. The van der Waals surface area contributed by atoms with E-state index in [4.69, 9.17) is 16.3 Å². The van der Waals surface area contributed by atoms with Crippen LogP contribution in [0.2, 0.25) is 5.02 Å². The molecular weight excluding hydrogens is 326 g/mol. The first-order valence-corrected chi connectivity index (χ1v) is 8.91. The number of unbranched alkanes of at least 4 members (excludes halogenated alkanes) is 6. The summed E-state index contributed by atoms with van der Waals surface area (Å²) in [7, 11) is 0. The van der Waals surface area contributed by atoms with Crippen LogP contribution in [-0.2, 0) is 14.3 Å². The fraction of sp³-hybridized carbons (Fsp3) is 0.474. The molecule has 0 aromatic heterocycles. The first-order valence-electron chi connectivity index (χ1n) is 8.53. The molecule has 0 fully saturated rings. The predicted molar refractivity (Wildman–Crippen MR) is 98.2 cm³/mol. The van der Waals surface area contributed by atoms with Crippen molar-refractivity contribution in [2.24, 2.45) is 0 Å². The molecule has 0 saturated carbocycles. The third-order valence-corrected chi connectivity index (χ3v) is 3.73. The first kappa shape index (κ1) is 20.2. The van der Waals surface area contributed by atoms with Crippen molar-refractivity contribution in [2.45, 2.75) is 51.9 Å². The van der Waals surface area contributed by atoms with Crippen LogP contribution in [0.5, 0.6) is 0 Å². The second kappa shape index (κ2) is 12.6. The van der Waals surface area contributed by atoms with Crippen LogP contribution in [0.25, 0.3) is 0 Å². The molecule has 0 spiro atoms. The van der Waals surface area contributed by atoms with Gasteiger partial charge in [-0.05, 0) is 30.7 Å². The van der Waals surface area contributed by atoms with Gasteiger partial charge in [-0.15, -0.1) is 0 Å². The summed E-state index contributed by atoms with van der Waals surface area (Å²) >= 11 is 5.77. The third-order valence-electron chi connectivity index (χ3n) is 3.47. The van der Waals surface area contributed by atoms with Crippen LogP contribution in [0.4, 0.5) is 5.69 Å². The number of ether oxygens (including phenoxy) is 1. The number of amides is 1. The average molecular weight is 352 g/mol. The molecule has 0 radical (unpaired) electrons. The standard InChI is InChI=1S/C19H26ClNO3/c1-2-3-4-5-6-7-8-15-24-19(23)14-13-18(22)21-17-11-9-16(20)10-12-17/h9-14H,2-8,15H2,1H3,(H,21,22)/b14-13+. The van der Waals surface area contributed by atoms with Gasteiger partial charge in [-0.2, -0.15) is 0 Å². The van der Waals surface area contributed by atoms with E-state index in [2.05, 4.69) is 12.2 Å². The zero-order valence-electron chi connectivity index (χ0n) is 14.2. The van der Waals surface area contributed by atoms with Crippen LogP contribution >= 0.6 is 11.6 Å². The van der Waals surface area contributed by atoms with Gasteiger partial charge < -0.3 is 10.1 Å².